The molecule has 5 rings (SSSR count). The minimum absolute atomic E-state index is 0.0731. The van der Waals surface area contributed by atoms with E-state index in [0.29, 0.717) is 11.8 Å². The van der Waals surface area contributed by atoms with E-state index in [-0.39, 0.29) is 51.0 Å². The summed E-state index contributed by atoms with van der Waals surface area (Å²) >= 11 is 0. The Kier molecular flexibility index (Phi) is 7.80. The van der Waals surface area contributed by atoms with Gasteiger partial charge in [-0.15, -0.1) is 0 Å². The Morgan fingerprint density at radius 2 is 1.62 bits per heavy atom. The Morgan fingerprint density at radius 3 is 2.26 bits per heavy atom. The molecular formula is C30H31F3N4O4S. The molecule has 3 aromatic carbocycles. The molecule has 0 aliphatic carbocycles. The number of amides is 2. The maximum atomic E-state index is 13.9. The molecule has 2 aliphatic rings. The minimum atomic E-state index is -4.68. The lowest BCUT2D eigenvalue weighted by atomic mass is 9.86. The zero-order chi connectivity index (χ0) is 30.3. The average molecular weight is 601 g/mol. The number of benzene rings is 3. The molecule has 2 saturated heterocycles. The van der Waals surface area contributed by atoms with Crippen LogP contribution in [0.5, 0.6) is 0 Å². The van der Waals surface area contributed by atoms with Crippen molar-refractivity contribution < 1.29 is 31.2 Å². The lowest BCUT2D eigenvalue weighted by Gasteiger charge is -2.42. The standard InChI is InChI=1S/C30H31F3N4O4S/c1-21-11-12-24(17-22(21)2)34-27(38)19-35-20-37(25-8-4-3-5-9-25)29(28(35)39)13-15-36(16-14-29)42(40,41)26-10-6-7-23(18-26)30(31,32)33/h3-12,17-18H,13-16,19-20H2,1-2H3,(H,34,38). The predicted octanol–water partition coefficient (Wildman–Crippen LogP) is 4.79. The molecule has 0 radical (unpaired) electrons. The molecule has 222 valence electrons. The summed E-state index contributed by atoms with van der Waals surface area (Å²) in [6, 6.07) is 18.4. The molecule has 2 fully saturated rings. The number of aryl methyl sites for hydroxylation is 2. The van der Waals surface area contributed by atoms with E-state index >= 15 is 0 Å². The van der Waals surface area contributed by atoms with Gasteiger partial charge < -0.3 is 15.1 Å². The zero-order valence-electron chi connectivity index (χ0n) is 23.2. The van der Waals surface area contributed by atoms with Crippen molar-refractivity contribution >= 4 is 33.2 Å². The number of hydrogen-bond donors (Lipinski definition) is 1. The fourth-order valence-electron chi connectivity index (χ4n) is 5.59. The van der Waals surface area contributed by atoms with Gasteiger partial charge in [-0.05, 0) is 80.3 Å². The van der Waals surface area contributed by atoms with Crippen LogP contribution in [0.25, 0.3) is 0 Å². The van der Waals surface area contributed by atoms with Crippen molar-refractivity contribution in [1.29, 1.82) is 0 Å². The van der Waals surface area contributed by atoms with Crippen LogP contribution in [0, 0.1) is 13.8 Å². The number of anilines is 2. The molecular weight excluding hydrogens is 569 g/mol. The summed E-state index contributed by atoms with van der Waals surface area (Å²) < 4.78 is 67.5. The lowest BCUT2D eigenvalue weighted by molar-refractivity contribution is -0.137. The third-order valence-electron chi connectivity index (χ3n) is 8.06. The number of carbonyl (C=O) groups is 2. The van der Waals surface area contributed by atoms with E-state index in [4.69, 9.17) is 0 Å². The molecule has 0 saturated carbocycles. The number of piperidine rings is 1. The fourth-order valence-corrected chi connectivity index (χ4v) is 7.08. The highest BCUT2D eigenvalue weighted by atomic mass is 32.2. The summed E-state index contributed by atoms with van der Waals surface area (Å²) in [4.78, 5) is 29.8. The molecule has 3 aromatic rings. The van der Waals surface area contributed by atoms with E-state index < -0.39 is 32.2 Å². The van der Waals surface area contributed by atoms with E-state index in [2.05, 4.69) is 5.32 Å². The first-order valence-electron chi connectivity index (χ1n) is 13.5. The number of rotatable bonds is 6. The molecule has 0 aromatic heterocycles. The van der Waals surface area contributed by atoms with E-state index in [0.717, 1.165) is 39.3 Å². The molecule has 0 atom stereocenters. The van der Waals surface area contributed by atoms with Crippen molar-refractivity contribution in [3.05, 3.63) is 89.5 Å². The van der Waals surface area contributed by atoms with Gasteiger partial charge in [0.15, 0.2) is 0 Å². The fraction of sp³-hybridized carbons (Fsp3) is 0.333. The van der Waals surface area contributed by atoms with E-state index in [1.807, 2.05) is 61.2 Å². The van der Waals surface area contributed by atoms with Crippen LogP contribution in [0.15, 0.2) is 77.7 Å². The van der Waals surface area contributed by atoms with E-state index in [9.17, 15) is 31.2 Å². The van der Waals surface area contributed by atoms with Gasteiger partial charge in [0.25, 0.3) is 0 Å². The van der Waals surface area contributed by atoms with Gasteiger partial charge in [-0.3, -0.25) is 9.59 Å². The maximum absolute atomic E-state index is 13.9. The number of halogens is 3. The van der Waals surface area contributed by atoms with Gasteiger partial charge in [0.1, 0.15) is 12.1 Å². The summed E-state index contributed by atoms with van der Waals surface area (Å²) in [5.74, 6) is -0.654. The number of hydrogen-bond acceptors (Lipinski definition) is 5. The highest BCUT2D eigenvalue weighted by molar-refractivity contribution is 7.89. The third kappa shape index (κ3) is 5.60. The molecule has 1 N–H and O–H groups in total. The van der Waals surface area contributed by atoms with Crippen molar-refractivity contribution in [2.24, 2.45) is 0 Å². The largest absolute Gasteiger partial charge is 0.416 e. The van der Waals surface area contributed by atoms with Crippen molar-refractivity contribution in [2.75, 3.05) is 36.5 Å². The molecule has 1 spiro atoms. The number of sulfonamides is 1. The molecule has 2 aliphatic heterocycles. The van der Waals surface area contributed by atoms with Crippen LogP contribution in [-0.2, 0) is 25.8 Å². The summed E-state index contributed by atoms with van der Waals surface area (Å²) in [7, 11) is -4.24. The summed E-state index contributed by atoms with van der Waals surface area (Å²) in [6.45, 7) is 3.70. The first kappa shape index (κ1) is 29.6. The van der Waals surface area contributed by atoms with E-state index in [1.165, 1.54) is 4.90 Å². The quantitative estimate of drug-likeness (QED) is 0.440. The van der Waals surface area contributed by atoms with Gasteiger partial charge >= 0.3 is 6.18 Å². The van der Waals surface area contributed by atoms with Crippen LogP contribution in [0.4, 0.5) is 24.5 Å². The summed E-state index contributed by atoms with van der Waals surface area (Å²) in [6.07, 6.45) is -4.47. The second-order valence-corrected chi connectivity index (χ2v) is 12.7. The number of nitrogens with zero attached hydrogens (tertiary/aromatic N) is 3. The molecule has 42 heavy (non-hydrogen) atoms. The average Bonchev–Trinajstić information content (AvgIpc) is 3.21. The molecule has 0 unspecified atom stereocenters. The second kappa shape index (κ2) is 11.1. The van der Waals surface area contributed by atoms with Gasteiger partial charge in [-0.2, -0.15) is 17.5 Å². The Labute approximate surface area is 242 Å². The van der Waals surface area contributed by atoms with E-state index in [1.54, 1.807) is 6.07 Å². The Hall–Kier alpha value is -3.90. The van der Waals surface area contributed by atoms with Crippen LogP contribution >= 0.6 is 0 Å². The van der Waals surface area contributed by atoms with Crippen molar-refractivity contribution in [2.45, 2.75) is 43.3 Å². The molecule has 0 bridgehead atoms. The highest BCUT2D eigenvalue weighted by Crippen LogP contribution is 2.41. The van der Waals surface area contributed by atoms with Crippen molar-refractivity contribution in [1.82, 2.24) is 9.21 Å². The Morgan fingerprint density at radius 1 is 0.929 bits per heavy atom. The van der Waals surface area contributed by atoms with Gasteiger partial charge in [0.2, 0.25) is 21.8 Å². The zero-order valence-corrected chi connectivity index (χ0v) is 24.0. The van der Waals surface area contributed by atoms with Crippen LogP contribution in [-0.4, -0.2) is 61.3 Å². The topological polar surface area (TPSA) is 90.0 Å². The lowest BCUT2D eigenvalue weighted by Crippen LogP contribution is -2.57. The molecule has 2 heterocycles. The van der Waals surface area contributed by atoms with Crippen LogP contribution in [0.1, 0.15) is 29.5 Å². The highest BCUT2D eigenvalue weighted by Gasteiger charge is 2.55. The predicted molar refractivity (Wildman–Crippen MR) is 152 cm³/mol. The monoisotopic (exact) mass is 600 g/mol. The molecule has 2 amide bonds. The number of alkyl halides is 3. The number of nitrogens with one attached hydrogen (secondary N) is 1. The number of para-hydroxylation sites is 1. The van der Waals surface area contributed by atoms with Crippen LogP contribution in [0.2, 0.25) is 0 Å². The van der Waals surface area contributed by atoms with Gasteiger partial charge in [-0.1, -0.05) is 30.3 Å². The first-order valence-corrected chi connectivity index (χ1v) is 14.9. The normalized spacial score (nSPS) is 17.6. The van der Waals surface area contributed by atoms with Crippen LogP contribution < -0.4 is 10.2 Å². The second-order valence-electron chi connectivity index (χ2n) is 10.7. The molecule has 12 heteroatoms. The third-order valence-corrected chi connectivity index (χ3v) is 9.95. The Balaban J connectivity index is 1.36. The smallest absolute Gasteiger partial charge is 0.339 e. The van der Waals surface area contributed by atoms with Crippen LogP contribution in [0.3, 0.4) is 0 Å². The summed E-state index contributed by atoms with van der Waals surface area (Å²) in [5.41, 5.74) is 1.32. The number of carbonyl (C=O) groups excluding carboxylic acids is 2. The molecule has 8 nitrogen and oxygen atoms in total. The first-order chi connectivity index (χ1) is 19.8. The minimum Gasteiger partial charge on any atom is -0.339 e. The summed E-state index contributed by atoms with van der Waals surface area (Å²) in [5, 5.41) is 2.84. The van der Waals surface area contributed by atoms with Gasteiger partial charge in [0, 0.05) is 24.5 Å². The SMILES string of the molecule is Cc1ccc(NC(=O)CN2CN(c3ccccc3)C3(CCN(S(=O)(=O)c4cccc(C(F)(F)F)c4)CC3)C2=O)cc1C. The van der Waals surface area contributed by atoms with Gasteiger partial charge in [0.05, 0.1) is 17.1 Å². The van der Waals surface area contributed by atoms with Crippen molar-refractivity contribution in [3.63, 3.8) is 0 Å². The van der Waals surface area contributed by atoms with Gasteiger partial charge in [-0.25, -0.2) is 8.42 Å². The maximum Gasteiger partial charge on any atom is 0.416 e. The Bertz CT molecular complexity index is 1600. The van der Waals surface area contributed by atoms with Crippen molar-refractivity contribution in [3.8, 4) is 0 Å².